The molecule has 22 heavy (non-hydrogen) atoms. The largest absolute Gasteiger partial charge is 0.350 e. The lowest BCUT2D eigenvalue weighted by atomic mass is 10.0. The summed E-state index contributed by atoms with van der Waals surface area (Å²) in [5.41, 5.74) is 4.97. The van der Waals surface area contributed by atoms with Crippen LogP contribution in [0.5, 0.6) is 0 Å². The summed E-state index contributed by atoms with van der Waals surface area (Å²) in [6.07, 6.45) is -0.175. The van der Waals surface area contributed by atoms with Crippen LogP contribution in [-0.2, 0) is 9.59 Å². The number of amides is 2. The van der Waals surface area contributed by atoms with Gasteiger partial charge in [-0.05, 0) is 19.9 Å². The van der Waals surface area contributed by atoms with Crippen LogP contribution in [0.2, 0.25) is 0 Å². The molecule has 7 heteroatoms. The van der Waals surface area contributed by atoms with Gasteiger partial charge in [-0.25, -0.2) is 8.78 Å². The fourth-order valence-electron chi connectivity index (χ4n) is 1.93. The van der Waals surface area contributed by atoms with Crippen LogP contribution in [0.25, 0.3) is 0 Å². The number of nitrogens with two attached hydrogens (primary N) is 1. The number of nitrogens with one attached hydrogen (secondary N) is 2. The van der Waals surface area contributed by atoms with Gasteiger partial charge in [0.1, 0.15) is 11.6 Å². The first-order valence-electron chi connectivity index (χ1n) is 6.88. The summed E-state index contributed by atoms with van der Waals surface area (Å²) in [5.74, 6) is -2.35. The first kappa shape index (κ1) is 18.0. The van der Waals surface area contributed by atoms with Crippen molar-refractivity contribution < 1.29 is 18.4 Å². The van der Waals surface area contributed by atoms with E-state index in [-0.39, 0.29) is 18.5 Å². The molecule has 1 unspecified atom stereocenters. The van der Waals surface area contributed by atoms with Gasteiger partial charge in [0, 0.05) is 30.6 Å². The Bertz CT molecular complexity index is 562. The van der Waals surface area contributed by atoms with Gasteiger partial charge in [-0.2, -0.15) is 0 Å². The van der Waals surface area contributed by atoms with Crippen molar-refractivity contribution in [3.8, 4) is 0 Å². The molecule has 0 fully saturated rings. The molecule has 5 nitrogen and oxygen atoms in total. The SMILES string of the molecule is CC(=O)NC(CC(=O)NC(C)(C)CN)c1ccc(F)cc1F. The molecule has 0 aliphatic carbocycles. The van der Waals surface area contributed by atoms with Gasteiger partial charge in [-0.15, -0.1) is 0 Å². The number of benzene rings is 1. The minimum Gasteiger partial charge on any atom is -0.350 e. The molecular formula is C15H21F2N3O2. The smallest absolute Gasteiger partial charge is 0.222 e. The highest BCUT2D eigenvalue weighted by Gasteiger charge is 2.24. The summed E-state index contributed by atoms with van der Waals surface area (Å²) >= 11 is 0. The number of carbonyl (C=O) groups excluding carboxylic acids is 2. The highest BCUT2D eigenvalue weighted by Crippen LogP contribution is 2.21. The Balaban J connectivity index is 2.94. The van der Waals surface area contributed by atoms with Crippen molar-refractivity contribution >= 4 is 11.8 Å². The maximum atomic E-state index is 13.9. The number of hydrogen-bond donors (Lipinski definition) is 3. The van der Waals surface area contributed by atoms with Gasteiger partial charge in [0.15, 0.2) is 0 Å². The second-order valence-corrected chi connectivity index (χ2v) is 5.76. The Labute approximate surface area is 128 Å². The van der Waals surface area contributed by atoms with Gasteiger partial charge < -0.3 is 16.4 Å². The van der Waals surface area contributed by atoms with Gasteiger partial charge in [0.2, 0.25) is 11.8 Å². The first-order valence-corrected chi connectivity index (χ1v) is 6.88. The van der Waals surface area contributed by atoms with Gasteiger partial charge in [-0.1, -0.05) is 6.07 Å². The Morgan fingerprint density at radius 1 is 1.32 bits per heavy atom. The molecule has 0 spiro atoms. The average molecular weight is 313 g/mol. The fourth-order valence-corrected chi connectivity index (χ4v) is 1.93. The van der Waals surface area contributed by atoms with E-state index in [1.807, 2.05) is 0 Å². The Kier molecular flexibility index (Phi) is 5.99. The van der Waals surface area contributed by atoms with Crippen molar-refractivity contribution in [2.24, 2.45) is 5.73 Å². The molecule has 1 rings (SSSR count). The highest BCUT2D eigenvalue weighted by atomic mass is 19.1. The third kappa shape index (κ3) is 5.40. The van der Waals surface area contributed by atoms with E-state index >= 15 is 0 Å². The predicted molar refractivity (Wildman–Crippen MR) is 78.8 cm³/mol. The van der Waals surface area contributed by atoms with Crippen LogP contribution < -0.4 is 16.4 Å². The van der Waals surface area contributed by atoms with Crippen molar-refractivity contribution in [3.05, 3.63) is 35.4 Å². The minimum absolute atomic E-state index is 0.0531. The summed E-state index contributed by atoms with van der Waals surface area (Å²) in [7, 11) is 0. The third-order valence-corrected chi connectivity index (χ3v) is 3.09. The molecule has 1 aromatic rings. The zero-order valence-electron chi connectivity index (χ0n) is 12.9. The van der Waals surface area contributed by atoms with E-state index in [1.165, 1.54) is 13.0 Å². The molecule has 0 heterocycles. The predicted octanol–water partition coefficient (Wildman–Crippen LogP) is 1.39. The van der Waals surface area contributed by atoms with Crippen LogP contribution in [0.4, 0.5) is 8.78 Å². The van der Waals surface area contributed by atoms with E-state index in [0.717, 1.165) is 6.07 Å². The van der Waals surface area contributed by atoms with E-state index in [2.05, 4.69) is 10.6 Å². The lowest BCUT2D eigenvalue weighted by Crippen LogP contribution is -2.49. The summed E-state index contributed by atoms with van der Waals surface area (Å²) < 4.78 is 26.8. The number of rotatable bonds is 6. The molecule has 0 bridgehead atoms. The quantitative estimate of drug-likeness (QED) is 0.742. The molecule has 0 saturated heterocycles. The van der Waals surface area contributed by atoms with Crippen LogP contribution in [-0.4, -0.2) is 23.9 Å². The van der Waals surface area contributed by atoms with Crippen molar-refractivity contribution in [3.63, 3.8) is 0 Å². The maximum Gasteiger partial charge on any atom is 0.222 e. The van der Waals surface area contributed by atoms with Crippen LogP contribution >= 0.6 is 0 Å². The van der Waals surface area contributed by atoms with Gasteiger partial charge in [0.05, 0.1) is 12.5 Å². The van der Waals surface area contributed by atoms with Crippen molar-refractivity contribution in [1.29, 1.82) is 0 Å². The lowest BCUT2D eigenvalue weighted by molar-refractivity contribution is -0.124. The summed E-state index contributed by atoms with van der Waals surface area (Å²) in [5, 5.41) is 5.20. The molecule has 1 atom stereocenters. The van der Waals surface area contributed by atoms with Gasteiger partial charge in [0.25, 0.3) is 0 Å². The Morgan fingerprint density at radius 3 is 2.45 bits per heavy atom. The molecule has 0 radical (unpaired) electrons. The van der Waals surface area contributed by atoms with Gasteiger partial charge >= 0.3 is 0 Å². The molecule has 122 valence electrons. The van der Waals surface area contributed by atoms with Crippen molar-refractivity contribution in [2.45, 2.75) is 38.8 Å². The van der Waals surface area contributed by atoms with E-state index in [4.69, 9.17) is 5.73 Å². The monoisotopic (exact) mass is 313 g/mol. The second kappa shape index (κ2) is 7.31. The molecule has 0 saturated carbocycles. The normalized spacial score (nSPS) is 12.6. The Hall–Kier alpha value is -2.02. The Morgan fingerprint density at radius 2 is 1.95 bits per heavy atom. The topological polar surface area (TPSA) is 84.2 Å². The summed E-state index contributed by atoms with van der Waals surface area (Å²) in [6, 6.07) is 2.12. The summed E-state index contributed by atoms with van der Waals surface area (Å²) in [6.45, 7) is 4.98. The molecule has 2 amide bonds. The second-order valence-electron chi connectivity index (χ2n) is 5.76. The van der Waals surface area contributed by atoms with E-state index < -0.39 is 35.0 Å². The molecular weight excluding hydrogens is 292 g/mol. The minimum atomic E-state index is -0.883. The molecule has 0 aliphatic heterocycles. The van der Waals surface area contributed by atoms with Crippen LogP contribution in [0, 0.1) is 11.6 Å². The lowest BCUT2D eigenvalue weighted by Gasteiger charge is -2.26. The molecule has 4 N–H and O–H groups in total. The molecule has 1 aromatic carbocycles. The number of halogens is 2. The van der Waals surface area contributed by atoms with Crippen LogP contribution in [0.3, 0.4) is 0 Å². The highest BCUT2D eigenvalue weighted by molar-refractivity contribution is 5.79. The van der Waals surface area contributed by atoms with E-state index in [9.17, 15) is 18.4 Å². The van der Waals surface area contributed by atoms with E-state index in [0.29, 0.717) is 6.07 Å². The molecule has 0 aromatic heterocycles. The first-order chi connectivity index (χ1) is 10.1. The zero-order valence-corrected chi connectivity index (χ0v) is 12.9. The van der Waals surface area contributed by atoms with E-state index in [1.54, 1.807) is 13.8 Å². The number of carbonyl (C=O) groups is 2. The standard InChI is InChI=1S/C15H21F2N3O2/c1-9(21)19-13(7-14(22)20-15(2,3)8-18)11-5-4-10(16)6-12(11)17/h4-6,13H,7-8,18H2,1-3H3,(H,19,21)(H,20,22). The number of hydrogen-bond acceptors (Lipinski definition) is 3. The third-order valence-electron chi connectivity index (χ3n) is 3.09. The zero-order chi connectivity index (χ0) is 16.9. The maximum absolute atomic E-state index is 13.9. The average Bonchev–Trinajstić information content (AvgIpc) is 2.36. The fraction of sp³-hybridized carbons (Fsp3) is 0.467. The molecule has 0 aliphatic rings. The van der Waals surface area contributed by atoms with Gasteiger partial charge in [-0.3, -0.25) is 9.59 Å². The van der Waals surface area contributed by atoms with Crippen molar-refractivity contribution in [1.82, 2.24) is 10.6 Å². The van der Waals surface area contributed by atoms with Crippen LogP contribution in [0.1, 0.15) is 38.8 Å². The summed E-state index contributed by atoms with van der Waals surface area (Å²) in [4.78, 5) is 23.3. The van der Waals surface area contributed by atoms with Crippen LogP contribution in [0.15, 0.2) is 18.2 Å². The van der Waals surface area contributed by atoms with Crippen molar-refractivity contribution in [2.75, 3.05) is 6.54 Å².